The van der Waals surface area contributed by atoms with Gasteiger partial charge >= 0.3 is 0 Å². The summed E-state index contributed by atoms with van der Waals surface area (Å²) in [6.45, 7) is 3.13. The first kappa shape index (κ1) is 31.0. The average molecular weight is 671 g/mol. The topological polar surface area (TPSA) is 63.9 Å². The fourth-order valence-electron chi connectivity index (χ4n) is 4.95. The molecule has 0 aliphatic carbocycles. The third kappa shape index (κ3) is 7.48. The highest BCUT2D eigenvalue weighted by Gasteiger charge is 2.22. The molecule has 6 rings (SSSR count). The van der Waals surface area contributed by atoms with Crippen LogP contribution in [0.25, 0.3) is 17.1 Å². The Labute approximate surface area is 280 Å². The van der Waals surface area contributed by atoms with Gasteiger partial charge in [-0.1, -0.05) is 114 Å². The summed E-state index contributed by atoms with van der Waals surface area (Å²) in [7, 11) is 0. The van der Waals surface area contributed by atoms with Crippen molar-refractivity contribution < 1.29 is 4.79 Å². The highest BCUT2D eigenvalue weighted by atomic mass is 35.5. The molecule has 2 aromatic heterocycles. The SMILES string of the molecule is Cc1ccc(Cl)cc1-n1c(SCc2nc(C(=O)N(CCc3ccccc3)Cc3ccccc3)cs2)nnc1-c1ccccc1Cl. The third-order valence-corrected chi connectivity index (χ3v) is 9.81. The Morgan fingerprint density at radius 1 is 0.889 bits per heavy atom. The predicted molar refractivity (Wildman–Crippen MR) is 185 cm³/mol. The molecule has 0 saturated heterocycles. The van der Waals surface area contributed by atoms with Gasteiger partial charge in [0.05, 0.1) is 16.5 Å². The molecule has 1 amide bonds. The molecule has 0 aliphatic rings. The van der Waals surface area contributed by atoms with E-state index in [-0.39, 0.29) is 5.91 Å². The van der Waals surface area contributed by atoms with E-state index in [0.717, 1.165) is 33.8 Å². The van der Waals surface area contributed by atoms with Crippen molar-refractivity contribution in [2.24, 2.45) is 0 Å². The minimum Gasteiger partial charge on any atom is -0.333 e. The highest BCUT2D eigenvalue weighted by molar-refractivity contribution is 7.98. The van der Waals surface area contributed by atoms with Crippen LogP contribution in [0.15, 0.2) is 114 Å². The predicted octanol–water partition coefficient (Wildman–Crippen LogP) is 9.18. The molecule has 6 aromatic rings. The van der Waals surface area contributed by atoms with E-state index in [4.69, 9.17) is 28.2 Å². The second kappa shape index (κ2) is 14.4. The normalized spacial score (nSPS) is 11.1. The first-order valence-electron chi connectivity index (χ1n) is 14.4. The van der Waals surface area contributed by atoms with Crippen LogP contribution in [0.1, 0.15) is 32.2 Å². The van der Waals surface area contributed by atoms with E-state index in [9.17, 15) is 4.79 Å². The number of hydrogen-bond donors (Lipinski definition) is 0. The van der Waals surface area contributed by atoms with Crippen LogP contribution in [0.5, 0.6) is 0 Å². The number of amides is 1. The van der Waals surface area contributed by atoms with Crippen molar-refractivity contribution in [3.63, 3.8) is 0 Å². The maximum atomic E-state index is 13.8. The lowest BCUT2D eigenvalue weighted by Gasteiger charge is -2.22. The molecule has 10 heteroatoms. The van der Waals surface area contributed by atoms with Crippen molar-refractivity contribution in [3.05, 3.63) is 146 Å². The average Bonchev–Trinajstić information content (AvgIpc) is 3.71. The van der Waals surface area contributed by atoms with E-state index in [1.165, 1.54) is 28.7 Å². The summed E-state index contributed by atoms with van der Waals surface area (Å²) in [5.74, 6) is 1.06. The summed E-state index contributed by atoms with van der Waals surface area (Å²) in [5, 5.41) is 13.6. The van der Waals surface area contributed by atoms with Gasteiger partial charge in [0.2, 0.25) is 0 Å². The van der Waals surface area contributed by atoms with Crippen LogP contribution in [0.3, 0.4) is 0 Å². The molecular weight excluding hydrogens is 641 g/mol. The Kier molecular flexibility index (Phi) is 9.96. The van der Waals surface area contributed by atoms with E-state index in [0.29, 0.717) is 45.6 Å². The van der Waals surface area contributed by atoms with Crippen LogP contribution in [0.4, 0.5) is 0 Å². The summed E-state index contributed by atoms with van der Waals surface area (Å²) in [4.78, 5) is 20.4. The molecule has 0 saturated carbocycles. The monoisotopic (exact) mass is 669 g/mol. The van der Waals surface area contributed by atoms with Gasteiger partial charge < -0.3 is 4.90 Å². The molecule has 6 nitrogen and oxygen atoms in total. The molecule has 4 aromatic carbocycles. The fraction of sp³-hybridized carbons (Fsp3) is 0.143. The number of thiazole rings is 1. The number of thioether (sulfide) groups is 1. The van der Waals surface area contributed by atoms with Crippen molar-refractivity contribution in [2.45, 2.75) is 30.8 Å². The minimum atomic E-state index is -0.0824. The van der Waals surface area contributed by atoms with Gasteiger partial charge in [0.25, 0.3) is 5.91 Å². The summed E-state index contributed by atoms with van der Waals surface area (Å²) in [6, 6.07) is 33.6. The lowest BCUT2D eigenvalue weighted by atomic mass is 10.1. The van der Waals surface area contributed by atoms with E-state index in [2.05, 4.69) is 22.3 Å². The smallest absolute Gasteiger partial charge is 0.273 e. The van der Waals surface area contributed by atoms with Gasteiger partial charge in [0, 0.05) is 29.1 Å². The van der Waals surface area contributed by atoms with Crippen LogP contribution in [0.2, 0.25) is 10.0 Å². The number of hydrogen-bond acceptors (Lipinski definition) is 6. The Hall–Kier alpha value is -3.95. The van der Waals surface area contributed by atoms with Gasteiger partial charge in [-0.15, -0.1) is 21.5 Å². The number of halogens is 2. The highest BCUT2D eigenvalue weighted by Crippen LogP contribution is 2.35. The first-order valence-corrected chi connectivity index (χ1v) is 17.0. The van der Waals surface area contributed by atoms with Crippen LogP contribution in [0, 0.1) is 6.92 Å². The van der Waals surface area contributed by atoms with Crippen molar-refractivity contribution in [3.8, 4) is 17.1 Å². The van der Waals surface area contributed by atoms with Crippen molar-refractivity contribution in [1.82, 2.24) is 24.6 Å². The first-order chi connectivity index (χ1) is 22.0. The fourth-order valence-corrected chi connectivity index (χ4v) is 7.07. The van der Waals surface area contributed by atoms with Crippen molar-refractivity contribution >= 4 is 52.2 Å². The maximum absolute atomic E-state index is 13.8. The number of carbonyl (C=O) groups is 1. The van der Waals surface area contributed by atoms with Gasteiger partial charge in [0.1, 0.15) is 10.7 Å². The van der Waals surface area contributed by atoms with Gasteiger partial charge in [-0.05, 0) is 54.3 Å². The molecule has 0 bridgehead atoms. The lowest BCUT2D eigenvalue weighted by Crippen LogP contribution is -2.32. The number of nitrogens with zero attached hydrogens (tertiary/aromatic N) is 5. The van der Waals surface area contributed by atoms with Gasteiger partial charge in [-0.3, -0.25) is 9.36 Å². The standard InChI is InChI=1S/C35H29Cl2N5OS2/c1-24-16-17-27(36)20-31(24)42-33(28-14-8-9-15-29(28)37)39-40-35(42)45-23-32-38-30(22-44-32)34(43)41(21-26-12-6-3-7-13-26)19-18-25-10-4-2-5-11-25/h2-17,20,22H,18-19,21,23H2,1H3. The number of rotatable bonds is 11. The third-order valence-electron chi connectivity index (χ3n) is 7.27. The van der Waals surface area contributed by atoms with Gasteiger partial charge in [-0.25, -0.2) is 4.98 Å². The molecule has 0 radical (unpaired) electrons. The van der Waals surface area contributed by atoms with Gasteiger partial charge in [0.15, 0.2) is 11.0 Å². The Morgan fingerprint density at radius 2 is 1.60 bits per heavy atom. The molecule has 226 valence electrons. The van der Waals surface area contributed by atoms with Gasteiger partial charge in [-0.2, -0.15) is 0 Å². The molecule has 0 aliphatic heterocycles. The van der Waals surface area contributed by atoms with E-state index in [1.807, 2.05) is 113 Å². The molecule has 0 atom stereocenters. The second-order valence-corrected chi connectivity index (χ2v) is 13.1. The quantitative estimate of drug-likeness (QED) is 0.129. The van der Waals surface area contributed by atoms with Crippen LogP contribution < -0.4 is 0 Å². The Bertz CT molecular complexity index is 1910. The zero-order valence-corrected chi connectivity index (χ0v) is 27.6. The number of aryl methyl sites for hydroxylation is 1. The number of aromatic nitrogens is 4. The molecule has 0 fully saturated rings. The van der Waals surface area contributed by atoms with Crippen LogP contribution in [-0.2, 0) is 18.7 Å². The Morgan fingerprint density at radius 3 is 2.36 bits per heavy atom. The van der Waals surface area contributed by atoms with Crippen molar-refractivity contribution in [1.29, 1.82) is 0 Å². The van der Waals surface area contributed by atoms with Crippen molar-refractivity contribution in [2.75, 3.05) is 6.54 Å². The number of benzene rings is 4. The molecule has 45 heavy (non-hydrogen) atoms. The second-order valence-electron chi connectivity index (χ2n) is 10.4. The van der Waals surface area contributed by atoms with Crippen LogP contribution in [-0.4, -0.2) is 37.1 Å². The minimum absolute atomic E-state index is 0.0824. The Balaban J connectivity index is 1.23. The molecule has 0 N–H and O–H groups in total. The van der Waals surface area contributed by atoms with E-state index < -0.39 is 0 Å². The van der Waals surface area contributed by atoms with E-state index >= 15 is 0 Å². The molecule has 0 unspecified atom stereocenters. The zero-order chi connectivity index (χ0) is 31.2. The van der Waals surface area contributed by atoms with Crippen LogP contribution >= 0.6 is 46.3 Å². The lowest BCUT2D eigenvalue weighted by molar-refractivity contribution is 0.0740. The zero-order valence-electron chi connectivity index (χ0n) is 24.4. The molecular formula is C35H29Cl2N5OS2. The summed E-state index contributed by atoms with van der Waals surface area (Å²) in [6.07, 6.45) is 0.763. The molecule has 0 spiro atoms. The largest absolute Gasteiger partial charge is 0.333 e. The summed E-state index contributed by atoms with van der Waals surface area (Å²) >= 11 is 16.0. The number of carbonyl (C=O) groups excluding carboxylic acids is 1. The maximum Gasteiger partial charge on any atom is 0.273 e. The summed E-state index contributed by atoms with van der Waals surface area (Å²) < 4.78 is 1.98. The molecule has 2 heterocycles. The summed E-state index contributed by atoms with van der Waals surface area (Å²) in [5.41, 5.74) is 5.38. The van der Waals surface area contributed by atoms with E-state index in [1.54, 1.807) is 0 Å².